The summed E-state index contributed by atoms with van der Waals surface area (Å²) in [6.45, 7) is 1.58. The topological polar surface area (TPSA) is 63.2 Å². The van der Waals surface area contributed by atoms with Gasteiger partial charge in [0, 0.05) is 17.2 Å². The minimum Gasteiger partial charge on any atom is -0.294 e. The summed E-state index contributed by atoms with van der Waals surface area (Å²) >= 11 is 0. The van der Waals surface area contributed by atoms with Crippen molar-refractivity contribution in [3.05, 3.63) is 29.8 Å². The van der Waals surface area contributed by atoms with Crippen molar-refractivity contribution in [2.75, 3.05) is 10.5 Å². The average Bonchev–Trinajstić information content (AvgIpc) is 3.13. The highest BCUT2D eigenvalue weighted by atomic mass is 32.2. The van der Waals surface area contributed by atoms with Crippen LogP contribution in [0, 0.1) is 5.92 Å². The van der Waals surface area contributed by atoms with E-state index in [1.165, 1.54) is 0 Å². The van der Waals surface area contributed by atoms with Gasteiger partial charge in [0.05, 0.1) is 5.75 Å². The van der Waals surface area contributed by atoms with Gasteiger partial charge in [-0.25, -0.2) is 8.42 Å². The Labute approximate surface area is 101 Å². The molecule has 92 valence electrons. The number of hydrogen-bond acceptors (Lipinski definition) is 3. The number of Topliss-reactive ketones (excluding diaryl/α,β-unsaturated/α-hetero) is 1. The zero-order valence-corrected chi connectivity index (χ0v) is 10.5. The summed E-state index contributed by atoms with van der Waals surface area (Å²) in [6, 6.07) is 6.61. The van der Waals surface area contributed by atoms with Crippen LogP contribution in [-0.2, 0) is 10.0 Å². The molecule has 1 N–H and O–H groups in total. The minimum absolute atomic E-state index is 0.0375. The van der Waals surface area contributed by atoms with Gasteiger partial charge >= 0.3 is 0 Å². The average molecular weight is 253 g/mol. The first kappa shape index (κ1) is 12.1. The molecule has 0 atom stereocenters. The molecular weight excluding hydrogens is 238 g/mol. The highest BCUT2D eigenvalue weighted by Gasteiger charge is 2.30. The summed E-state index contributed by atoms with van der Waals surface area (Å²) in [4.78, 5) is 11.7. The standard InChI is InChI=1S/C12H15NO3S/c1-2-17(15,16)13-11-7-5-10(6-8-11)12(14)9-3-4-9/h5-9,13H,2-4H2,1H3. The Morgan fingerprint density at radius 1 is 1.29 bits per heavy atom. The van der Waals surface area contributed by atoms with Gasteiger partial charge in [0.15, 0.2) is 5.78 Å². The first-order valence-corrected chi connectivity index (χ1v) is 7.32. The van der Waals surface area contributed by atoms with Crippen LogP contribution in [-0.4, -0.2) is 20.0 Å². The zero-order chi connectivity index (χ0) is 12.5. The van der Waals surface area contributed by atoms with Crippen molar-refractivity contribution in [1.82, 2.24) is 0 Å². The molecule has 2 rings (SSSR count). The van der Waals surface area contributed by atoms with Crippen molar-refractivity contribution in [3.8, 4) is 0 Å². The molecule has 0 bridgehead atoms. The van der Waals surface area contributed by atoms with Gasteiger partial charge in [0.25, 0.3) is 0 Å². The normalized spacial score (nSPS) is 15.6. The SMILES string of the molecule is CCS(=O)(=O)Nc1ccc(C(=O)C2CC2)cc1. The van der Waals surface area contributed by atoms with Crippen LogP contribution in [0.25, 0.3) is 0 Å². The van der Waals surface area contributed by atoms with E-state index in [1.54, 1.807) is 31.2 Å². The Balaban J connectivity index is 2.10. The van der Waals surface area contributed by atoms with Crippen LogP contribution in [0.15, 0.2) is 24.3 Å². The van der Waals surface area contributed by atoms with Crippen LogP contribution in [0.5, 0.6) is 0 Å². The van der Waals surface area contributed by atoms with Crippen LogP contribution in [0.4, 0.5) is 5.69 Å². The molecule has 0 aliphatic heterocycles. The van der Waals surface area contributed by atoms with Crippen LogP contribution in [0.2, 0.25) is 0 Å². The van der Waals surface area contributed by atoms with Crippen molar-refractivity contribution in [2.45, 2.75) is 19.8 Å². The summed E-state index contributed by atoms with van der Waals surface area (Å²) in [7, 11) is -3.24. The van der Waals surface area contributed by atoms with Gasteiger partial charge in [-0.3, -0.25) is 9.52 Å². The number of carbonyl (C=O) groups is 1. The smallest absolute Gasteiger partial charge is 0.232 e. The predicted molar refractivity (Wildman–Crippen MR) is 66.6 cm³/mol. The molecule has 5 heteroatoms. The Kier molecular flexibility index (Phi) is 3.19. The third-order valence-electron chi connectivity index (χ3n) is 2.77. The van der Waals surface area contributed by atoms with E-state index in [9.17, 15) is 13.2 Å². The number of hydrogen-bond donors (Lipinski definition) is 1. The van der Waals surface area contributed by atoms with E-state index in [1.807, 2.05) is 0 Å². The minimum atomic E-state index is -3.24. The summed E-state index contributed by atoms with van der Waals surface area (Å²) in [6.07, 6.45) is 1.95. The summed E-state index contributed by atoms with van der Waals surface area (Å²) in [5.74, 6) is 0.388. The number of ketones is 1. The molecule has 1 aliphatic rings. The van der Waals surface area contributed by atoms with Gasteiger partial charge in [-0.2, -0.15) is 0 Å². The number of benzene rings is 1. The zero-order valence-electron chi connectivity index (χ0n) is 9.64. The Morgan fingerprint density at radius 2 is 1.88 bits per heavy atom. The van der Waals surface area contributed by atoms with Crippen LogP contribution in [0.1, 0.15) is 30.1 Å². The lowest BCUT2D eigenvalue weighted by atomic mass is 10.1. The van der Waals surface area contributed by atoms with Gasteiger partial charge in [0.1, 0.15) is 0 Å². The van der Waals surface area contributed by atoms with E-state index >= 15 is 0 Å². The van der Waals surface area contributed by atoms with E-state index in [0.717, 1.165) is 12.8 Å². The summed E-state index contributed by atoms with van der Waals surface area (Å²) in [5, 5.41) is 0. The fourth-order valence-corrected chi connectivity index (χ4v) is 2.18. The maximum atomic E-state index is 11.7. The second kappa shape index (κ2) is 4.49. The lowest BCUT2D eigenvalue weighted by Gasteiger charge is -2.06. The molecule has 1 fully saturated rings. The van der Waals surface area contributed by atoms with Crippen molar-refractivity contribution < 1.29 is 13.2 Å². The molecule has 0 radical (unpaired) electrons. The molecule has 0 spiro atoms. The van der Waals surface area contributed by atoms with Crippen LogP contribution < -0.4 is 4.72 Å². The first-order chi connectivity index (χ1) is 8.02. The Hall–Kier alpha value is -1.36. The first-order valence-electron chi connectivity index (χ1n) is 5.66. The second-order valence-corrected chi connectivity index (χ2v) is 6.23. The molecule has 0 heterocycles. The molecule has 0 saturated heterocycles. The van der Waals surface area contributed by atoms with Crippen molar-refractivity contribution >= 4 is 21.5 Å². The molecule has 17 heavy (non-hydrogen) atoms. The fraction of sp³-hybridized carbons (Fsp3) is 0.417. The summed E-state index contributed by atoms with van der Waals surface area (Å²) in [5.41, 5.74) is 1.16. The number of rotatable bonds is 5. The molecule has 1 saturated carbocycles. The van der Waals surface area contributed by atoms with Gasteiger partial charge in [-0.1, -0.05) is 0 Å². The number of sulfonamides is 1. The fourth-order valence-electron chi connectivity index (χ4n) is 1.54. The highest BCUT2D eigenvalue weighted by molar-refractivity contribution is 7.92. The third kappa shape index (κ3) is 3.06. The Morgan fingerprint density at radius 3 is 2.35 bits per heavy atom. The molecule has 0 unspecified atom stereocenters. The molecule has 1 aliphatic carbocycles. The van der Waals surface area contributed by atoms with E-state index in [-0.39, 0.29) is 17.5 Å². The number of carbonyl (C=O) groups excluding carboxylic acids is 1. The lowest BCUT2D eigenvalue weighted by Crippen LogP contribution is -2.14. The monoisotopic (exact) mass is 253 g/mol. The summed E-state index contributed by atoms with van der Waals surface area (Å²) < 4.78 is 25.1. The van der Waals surface area contributed by atoms with Crippen molar-refractivity contribution in [2.24, 2.45) is 5.92 Å². The number of anilines is 1. The van der Waals surface area contributed by atoms with Crippen LogP contribution >= 0.6 is 0 Å². The van der Waals surface area contributed by atoms with Crippen LogP contribution in [0.3, 0.4) is 0 Å². The van der Waals surface area contributed by atoms with Gasteiger partial charge in [-0.05, 0) is 44.0 Å². The van der Waals surface area contributed by atoms with Crippen molar-refractivity contribution in [3.63, 3.8) is 0 Å². The van der Waals surface area contributed by atoms with E-state index in [4.69, 9.17) is 0 Å². The molecule has 0 amide bonds. The highest BCUT2D eigenvalue weighted by Crippen LogP contribution is 2.32. The quantitative estimate of drug-likeness (QED) is 0.817. The third-order valence-corrected chi connectivity index (χ3v) is 4.08. The van der Waals surface area contributed by atoms with E-state index in [0.29, 0.717) is 11.3 Å². The predicted octanol–water partition coefficient (Wildman–Crippen LogP) is 2.04. The lowest BCUT2D eigenvalue weighted by molar-refractivity contribution is 0.0967. The van der Waals surface area contributed by atoms with Crippen molar-refractivity contribution in [1.29, 1.82) is 0 Å². The Bertz CT molecular complexity index is 515. The van der Waals surface area contributed by atoms with Gasteiger partial charge in [0.2, 0.25) is 10.0 Å². The molecule has 0 aromatic heterocycles. The molecular formula is C12H15NO3S. The van der Waals surface area contributed by atoms with Gasteiger partial charge < -0.3 is 0 Å². The van der Waals surface area contributed by atoms with E-state index in [2.05, 4.69) is 4.72 Å². The maximum absolute atomic E-state index is 11.7. The maximum Gasteiger partial charge on any atom is 0.232 e. The van der Waals surface area contributed by atoms with Gasteiger partial charge in [-0.15, -0.1) is 0 Å². The largest absolute Gasteiger partial charge is 0.294 e. The number of nitrogens with one attached hydrogen (secondary N) is 1. The molecule has 1 aromatic carbocycles. The molecule has 4 nitrogen and oxygen atoms in total. The second-order valence-electron chi connectivity index (χ2n) is 4.22. The van der Waals surface area contributed by atoms with E-state index < -0.39 is 10.0 Å². The molecule has 1 aromatic rings.